The maximum atomic E-state index is 11.5. The molecule has 10 nitrogen and oxygen atoms in total. The number of nitrogens with two attached hydrogens (primary N) is 1. The zero-order valence-corrected chi connectivity index (χ0v) is 14.5. The van der Waals surface area contributed by atoms with Crippen LogP contribution < -0.4 is 15.0 Å². The van der Waals surface area contributed by atoms with Gasteiger partial charge in [-0.2, -0.15) is 10.1 Å². The molecule has 2 aliphatic rings. The highest BCUT2D eigenvalue weighted by molar-refractivity contribution is 7.89. The predicted octanol–water partition coefficient (Wildman–Crippen LogP) is 0.726. The number of aliphatic imine (C=N–C) groups is 2. The van der Waals surface area contributed by atoms with Gasteiger partial charge in [-0.3, -0.25) is 9.67 Å². The molecule has 2 aromatic rings. The van der Waals surface area contributed by atoms with Crippen molar-refractivity contribution in [3.63, 3.8) is 0 Å². The summed E-state index contributed by atoms with van der Waals surface area (Å²) in [5.74, 6) is 0.902. The van der Waals surface area contributed by atoms with Crippen LogP contribution in [0.4, 0.5) is 11.4 Å². The van der Waals surface area contributed by atoms with Crippen LogP contribution in [0.3, 0.4) is 0 Å². The van der Waals surface area contributed by atoms with Gasteiger partial charge in [-0.15, -0.1) is 0 Å². The van der Waals surface area contributed by atoms with Gasteiger partial charge >= 0.3 is 0 Å². The van der Waals surface area contributed by atoms with E-state index < -0.39 is 10.0 Å². The Labute approximate surface area is 149 Å². The van der Waals surface area contributed by atoms with E-state index in [0.717, 1.165) is 5.69 Å². The fraction of sp³-hybridized carbons (Fsp3) is 0.0667. The maximum Gasteiger partial charge on any atom is 0.287 e. The van der Waals surface area contributed by atoms with Gasteiger partial charge in [0.15, 0.2) is 6.20 Å². The summed E-state index contributed by atoms with van der Waals surface area (Å²) >= 11 is 0. The highest BCUT2D eigenvalue weighted by atomic mass is 32.2. The van der Waals surface area contributed by atoms with E-state index in [1.807, 2.05) is 13.2 Å². The number of fused-ring (bicyclic) bond motifs is 1. The van der Waals surface area contributed by atoms with Crippen molar-refractivity contribution in [3.8, 4) is 0 Å². The van der Waals surface area contributed by atoms with Crippen molar-refractivity contribution in [2.24, 2.45) is 27.3 Å². The summed E-state index contributed by atoms with van der Waals surface area (Å²) in [6.45, 7) is 0. The molecular formula is C15H15N8O2S+. The second-order valence-corrected chi connectivity index (χ2v) is 7.29. The Hall–Kier alpha value is -3.15. The molecule has 132 valence electrons. The van der Waals surface area contributed by atoms with Crippen molar-refractivity contribution in [1.29, 1.82) is 0 Å². The molecule has 1 aromatic carbocycles. The van der Waals surface area contributed by atoms with Gasteiger partial charge < -0.3 is 5.32 Å². The average molecular weight is 371 g/mol. The summed E-state index contributed by atoms with van der Waals surface area (Å²) < 4.78 is 24.7. The van der Waals surface area contributed by atoms with Crippen LogP contribution in [-0.4, -0.2) is 36.2 Å². The van der Waals surface area contributed by atoms with Gasteiger partial charge in [-0.25, -0.2) is 13.6 Å². The number of quaternary nitrogens is 1. The van der Waals surface area contributed by atoms with E-state index in [2.05, 4.69) is 25.5 Å². The molecule has 3 N–H and O–H groups in total. The number of sulfonamides is 1. The minimum atomic E-state index is -3.80. The van der Waals surface area contributed by atoms with E-state index in [4.69, 9.17) is 5.14 Å². The van der Waals surface area contributed by atoms with Crippen molar-refractivity contribution in [2.75, 3.05) is 5.32 Å². The number of rotatable bonds is 3. The molecule has 1 aromatic heterocycles. The largest absolute Gasteiger partial charge is 0.320 e. The molecule has 4 rings (SSSR count). The highest BCUT2D eigenvalue weighted by Gasteiger charge is 2.43. The van der Waals surface area contributed by atoms with Crippen molar-refractivity contribution < 1.29 is 8.42 Å². The van der Waals surface area contributed by atoms with Gasteiger partial charge in [0.25, 0.3) is 11.8 Å². The van der Waals surface area contributed by atoms with Crippen LogP contribution in [0, 0.1) is 0 Å². The van der Waals surface area contributed by atoms with E-state index >= 15 is 0 Å². The van der Waals surface area contributed by atoms with Crippen LogP contribution >= 0.6 is 0 Å². The normalized spacial score (nSPS) is 21.3. The number of nitrogens with zero attached hydrogens (tertiary/aromatic N) is 6. The molecule has 1 unspecified atom stereocenters. The number of guanidine groups is 1. The van der Waals surface area contributed by atoms with Crippen molar-refractivity contribution in [3.05, 3.63) is 49.1 Å². The minimum Gasteiger partial charge on any atom is -0.320 e. The van der Waals surface area contributed by atoms with Crippen molar-refractivity contribution in [1.82, 2.24) is 14.4 Å². The van der Waals surface area contributed by atoms with Gasteiger partial charge in [0.1, 0.15) is 12.4 Å². The second-order valence-electron chi connectivity index (χ2n) is 5.73. The number of hydrogen-bond donors (Lipinski definition) is 2. The summed E-state index contributed by atoms with van der Waals surface area (Å²) in [6.07, 6.45) is 8.58. The molecule has 26 heavy (non-hydrogen) atoms. The number of anilines is 1. The summed E-state index contributed by atoms with van der Waals surface area (Å²) in [7, 11) is -1.98. The topological polar surface area (TPSA) is 127 Å². The Kier molecular flexibility index (Phi) is 3.57. The first-order chi connectivity index (χ1) is 12.4. The Morgan fingerprint density at radius 1 is 1.31 bits per heavy atom. The van der Waals surface area contributed by atoms with Gasteiger partial charge in [-0.05, 0) is 23.3 Å². The molecule has 2 aliphatic heterocycles. The summed E-state index contributed by atoms with van der Waals surface area (Å²) in [6, 6.07) is 6.14. The fourth-order valence-electron chi connectivity index (χ4n) is 2.67. The molecule has 0 radical (unpaired) electrons. The molecule has 11 heteroatoms. The summed E-state index contributed by atoms with van der Waals surface area (Å²) in [5.41, 5.74) is 1.30. The monoisotopic (exact) mass is 371 g/mol. The van der Waals surface area contributed by atoms with Crippen LogP contribution in [0.5, 0.6) is 0 Å². The molecule has 0 aliphatic carbocycles. The number of amidine groups is 1. The fourth-order valence-corrected chi connectivity index (χ4v) is 3.23. The SMILES string of the molecule is Cn1cc([N+]23C=CN=CC2=NC(Nc2cccc(S(N)(=O)=O)c2)=N3)cn1. The molecular weight excluding hydrogens is 356 g/mol. The number of nitrogens with one attached hydrogen (secondary N) is 1. The van der Waals surface area contributed by atoms with Crippen LogP contribution in [0.25, 0.3) is 0 Å². The third kappa shape index (κ3) is 2.73. The number of benzene rings is 1. The lowest BCUT2D eigenvalue weighted by Crippen LogP contribution is -2.44. The Balaban J connectivity index is 1.72. The molecule has 1 atom stereocenters. The van der Waals surface area contributed by atoms with Gasteiger partial charge in [0, 0.05) is 12.7 Å². The van der Waals surface area contributed by atoms with Crippen molar-refractivity contribution in [2.45, 2.75) is 4.90 Å². The number of hydrogen-bond acceptors (Lipinski definition) is 7. The smallest absolute Gasteiger partial charge is 0.287 e. The number of aryl methyl sites for hydroxylation is 1. The highest BCUT2D eigenvalue weighted by Crippen LogP contribution is 2.30. The standard InChI is InChI=1S/C15H15N8O2S/c1-22-10-12(8-18-22)23-6-5-17-9-14(23)20-15(21-23)19-11-3-2-4-13(7-11)26(16,24)25/h2-10H,1H3,(H,19,21)(H2,16,24,25)/q+1. The Morgan fingerprint density at radius 3 is 2.88 bits per heavy atom. The zero-order chi connectivity index (χ0) is 18.4. The zero-order valence-electron chi connectivity index (χ0n) is 13.7. The number of aromatic nitrogens is 2. The average Bonchev–Trinajstić information content (AvgIpc) is 3.18. The van der Waals surface area contributed by atoms with E-state index in [1.165, 1.54) is 12.1 Å². The van der Waals surface area contributed by atoms with Crippen LogP contribution in [-0.2, 0) is 17.1 Å². The van der Waals surface area contributed by atoms with Gasteiger partial charge in [-0.1, -0.05) is 10.7 Å². The third-order valence-electron chi connectivity index (χ3n) is 3.88. The number of primary sulfonamides is 1. The first-order valence-electron chi connectivity index (χ1n) is 7.55. The minimum absolute atomic E-state index is 0.00378. The quantitative estimate of drug-likeness (QED) is 0.771. The molecule has 0 spiro atoms. The summed E-state index contributed by atoms with van der Waals surface area (Å²) in [5, 5.41) is 17.0. The Morgan fingerprint density at radius 2 is 2.15 bits per heavy atom. The van der Waals surface area contributed by atoms with E-state index in [9.17, 15) is 8.42 Å². The molecule has 0 amide bonds. The third-order valence-corrected chi connectivity index (χ3v) is 4.80. The molecule has 0 saturated heterocycles. The first kappa shape index (κ1) is 16.3. The van der Waals surface area contributed by atoms with Gasteiger partial charge in [0.05, 0.1) is 17.3 Å². The second kappa shape index (κ2) is 5.69. The van der Waals surface area contributed by atoms with Crippen LogP contribution in [0.15, 0.2) is 69.0 Å². The first-order valence-corrected chi connectivity index (χ1v) is 9.10. The van der Waals surface area contributed by atoms with Crippen molar-refractivity contribution >= 4 is 39.4 Å². The summed E-state index contributed by atoms with van der Waals surface area (Å²) in [4.78, 5) is 8.58. The lowest BCUT2D eigenvalue weighted by molar-refractivity contribution is 0.591. The maximum absolute atomic E-state index is 11.5. The lowest BCUT2D eigenvalue weighted by Gasteiger charge is -2.21. The predicted molar refractivity (Wildman–Crippen MR) is 98.9 cm³/mol. The van der Waals surface area contributed by atoms with Crippen LogP contribution in [0.2, 0.25) is 0 Å². The molecule has 0 bridgehead atoms. The lowest BCUT2D eigenvalue weighted by atomic mass is 10.3. The van der Waals surface area contributed by atoms with E-state index in [0.29, 0.717) is 17.5 Å². The molecule has 3 heterocycles. The van der Waals surface area contributed by atoms with E-state index in [-0.39, 0.29) is 9.49 Å². The van der Waals surface area contributed by atoms with Gasteiger partial charge in [0.2, 0.25) is 15.7 Å². The van der Waals surface area contributed by atoms with Crippen LogP contribution in [0.1, 0.15) is 0 Å². The molecule has 0 fully saturated rings. The van der Waals surface area contributed by atoms with E-state index in [1.54, 1.807) is 41.6 Å². The molecule has 0 saturated carbocycles. The Bertz CT molecular complexity index is 1110.